The molecule has 29 heavy (non-hydrogen) atoms. The van der Waals surface area contributed by atoms with Crippen molar-refractivity contribution in [3.05, 3.63) is 54.1 Å². The Bertz CT molecular complexity index is 928. The maximum atomic E-state index is 12.5. The average molecular weight is 414 g/mol. The first kappa shape index (κ1) is 20.7. The lowest BCUT2D eigenvalue weighted by Crippen LogP contribution is -2.27. The Morgan fingerprint density at radius 3 is 2.45 bits per heavy atom. The molecule has 1 aromatic heterocycles. The Labute approximate surface area is 173 Å². The van der Waals surface area contributed by atoms with Crippen molar-refractivity contribution in [1.29, 1.82) is 0 Å². The number of carbonyl (C=O) groups is 1. The Morgan fingerprint density at radius 2 is 1.79 bits per heavy atom. The molecule has 0 bridgehead atoms. The van der Waals surface area contributed by atoms with Crippen molar-refractivity contribution in [2.45, 2.75) is 18.6 Å². The van der Waals surface area contributed by atoms with Crippen LogP contribution in [0.5, 0.6) is 11.5 Å². The summed E-state index contributed by atoms with van der Waals surface area (Å²) in [7, 11) is 3.40. The maximum absolute atomic E-state index is 12.5. The SMILES string of the molecule is CCOc1ccc(CN(C)C(=O)CSc2nnnn2-c2ccc(OC)cc2)cc1. The van der Waals surface area contributed by atoms with E-state index in [0.717, 1.165) is 22.7 Å². The Kier molecular flexibility index (Phi) is 7.07. The lowest BCUT2D eigenvalue weighted by Gasteiger charge is -2.17. The van der Waals surface area contributed by atoms with Crippen LogP contribution in [0.2, 0.25) is 0 Å². The van der Waals surface area contributed by atoms with Crippen molar-refractivity contribution in [2.75, 3.05) is 26.5 Å². The molecule has 0 fully saturated rings. The molecule has 152 valence electrons. The van der Waals surface area contributed by atoms with E-state index in [1.165, 1.54) is 11.8 Å². The van der Waals surface area contributed by atoms with Gasteiger partial charge in [0.25, 0.3) is 0 Å². The summed E-state index contributed by atoms with van der Waals surface area (Å²) in [4.78, 5) is 14.2. The topological polar surface area (TPSA) is 82.4 Å². The number of carbonyl (C=O) groups excluding carboxylic acids is 1. The van der Waals surface area contributed by atoms with Crippen LogP contribution in [0.4, 0.5) is 0 Å². The Balaban J connectivity index is 1.57. The van der Waals surface area contributed by atoms with Crippen LogP contribution in [-0.2, 0) is 11.3 Å². The number of methoxy groups -OCH3 is 1. The number of aromatic nitrogens is 4. The van der Waals surface area contributed by atoms with Crippen LogP contribution in [-0.4, -0.2) is 57.5 Å². The van der Waals surface area contributed by atoms with Crippen molar-refractivity contribution in [3.63, 3.8) is 0 Å². The summed E-state index contributed by atoms with van der Waals surface area (Å²) in [5.41, 5.74) is 1.84. The van der Waals surface area contributed by atoms with E-state index in [4.69, 9.17) is 9.47 Å². The molecule has 0 spiro atoms. The van der Waals surface area contributed by atoms with Gasteiger partial charge in [-0.2, -0.15) is 4.68 Å². The van der Waals surface area contributed by atoms with Crippen LogP contribution in [0.25, 0.3) is 5.69 Å². The quantitative estimate of drug-likeness (QED) is 0.499. The van der Waals surface area contributed by atoms with Gasteiger partial charge >= 0.3 is 0 Å². The van der Waals surface area contributed by atoms with E-state index < -0.39 is 0 Å². The molecule has 0 saturated carbocycles. The molecule has 0 aliphatic carbocycles. The smallest absolute Gasteiger partial charge is 0.233 e. The molecule has 3 aromatic rings. The van der Waals surface area contributed by atoms with Gasteiger partial charge in [0.2, 0.25) is 11.1 Å². The van der Waals surface area contributed by atoms with Gasteiger partial charge in [-0.1, -0.05) is 23.9 Å². The molecule has 0 saturated heterocycles. The number of amides is 1. The zero-order chi connectivity index (χ0) is 20.6. The lowest BCUT2D eigenvalue weighted by molar-refractivity contribution is -0.127. The summed E-state index contributed by atoms with van der Waals surface area (Å²) in [6.07, 6.45) is 0. The number of rotatable bonds is 9. The first-order valence-corrected chi connectivity index (χ1v) is 10.1. The first-order chi connectivity index (χ1) is 14.1. The molecule has 9 heteroatoms. The monoisotopic (exact) mass is 413 g/mol. The third kappa shape index (κ3) is 5.47. The van der Waals surface area contributed by atoms with E-state index in [0.29, 0.717) is 18.3 Å². The largest absolute Gasteiger partial charge is 0.497 e. The Hall–Kier alpha value is -3.07. The minimum Gasteiger partial charge on any atom is -0.497 e. The van der Waals surface area contributed by atoms with Gasteiger partial charge in [-0.3, -0.25) is 4.79 Å². The van der Waals surface area contributed by atoms with E-state index in [1.807, 2.05) is 55.5 Å². The van der Waals surface area contributed by atoms with Crippen LogP contribution in [0, 0.1) is 0 Å². The van der Waals surface area contributed by atoms with Gasteiger partial charge in [0.15, 0.2) is 0 Å². The summed E-state index contributed by atoms with van der Waals surface area (Å²) in [6, 6.07) is 15.1. The molecule has 3 rings (SSSR count). The highest BCUT2D eigenvalue weighted by atomic mass is 32.2. The molecule has 0 aliphatic rings. The fourth-order valence-electron chi connectivity index (χ4n) is 2.61. The number of ether oxygens (including phenoxy) is 2. The number of thioether (sulfide) groups is 1. The van der Waals surface area contributed by atoms with Gasteiger partial charge in [0.05, 0.1) is 25.2 Å². The standard InChI is InChI=1S/C20H23N5O3S/c1-4-28-18-9-5-15(6-10-18)13-24(2)19(26)14-29-20-21-22-23-25(20)16-7-11-17(27-3)12-8-16/h5-12H,4,13-14H2,1-3H3. The van der Waals surface area contributed by atoms with E-state index in [9.17, 15) is 4.79 Å². The molecule has 8 nitrogen and oxygen atoms in total. The summed E-state index contributed by atoms with van der Waals surface area (Å²) in [5, 5.41) is 12.3. The van der Waals surface area contributed by atoms with Gasteiger partial charge in [-0.15, -0.1) is 5.10 Å². The highest BCUT2D eigenvalue weighted by Crippen LogP contribution is 2.21. The Morgan fingerprint density at radius 1 is 1.10 bits per heavy atom. The van der Waals surface area contributed by atoms with Crippen molar-refractivity contribution in [2.24, 2.45) is 0 Å². The summed E-state index contributed by atoms with van der Waals surface area (Å²) < 4.78 is 12.2. The van der Waals surface area contributed by atoms with Crippen molar-refractivity contribution in [1.82, 2.24) is 25.1 Å². The predicted molar refractivity (Wildman–Crippen MR) is 111 cm³/mol. The van der Waals surface area contributed by atoms with Crippen molar-refractivity contribution >= 4 is 17.7 Å². The lowest BCUT2D eigenvalue weighted by atomic mass is 10.2. The minimum atomic E-state index is -0.00633. The predicted octanol–water partition coefficient (Wildman–Crippen LogP) is 2.82. The van der Waals surface area contributed by atoms with Gasteiger partial charge < -0.3 is 14.4 Å². The highest BCUT2D eigenvalue weighted by Gasteiger charge is 2.14. The second kappa shape index (κ2) is 9.92. The van der Waals surface area contributed by atoms with Gasteiger partial charge in [-0.25, -0.2) is 0 Å². The van der Waals surface area contributed by atoms with E-state index in [-0.39, 0.29) is 11.7 Å². The summed E-state index contributed by atoms with van der Waals surface area (Å²) in [5.74, 6) is 1.81. The fourth-order valence-corrected chi connectivity index (χ4v) is 3.44. The molecule has 0 atom stereocenters. The molecule has 0 N–H and O–H groups in total. The maximum Gasteiger partial charge on any atom is 0.233 e. The summed E-state index contributed by atoms with van der Waals surface area (Å²) >= 11 is 1.30. The van der Waals surface area contributed by atoms with Crippen LogP contribution < -0.4 is 9.47 Å². The number of nitrogens with zero attached hydrogens (tertiary/aromatic N) is 5. The number of hydrogen-bond acceptors (Lipinski definition) is 7. The van der Waals surface area contributed by atoms with Gasteiger partial charge in [0, 0.05) is 13.6 Å². The zero-order valence-electron chi connectivity index (χ0n) is 16.6. The molecular formula is C20H23N5O3S. The second-order valence-electron chi connectivity index (χ2n) is 6.19. The van der Waals surface area contributed by atoms with Gasteiger partial charge in [-0.05, 0) is 59.3 Å². The molecule has 0 aliphatic heterocycles. The van der Waals surface area contributed by atoms with Crippen molar-refractivity contribution < 1.29 is 14.3 Å². The van der Waals surface area contributed by atoms with Crippen LogP contribution in [0.15, 0.2) is 53.7 Å². The van der Waals surface area contributed by atoms with Crippen molar-refractivity contribution in [3.8, 4) is 17.2 Å². The fraction of sp³-hybridized carbons (Fsp3) is 0.300. The third-order valence-corrected chi connectivity index (χ3v) is 5.07. The summed E-state index contributed by atoms with van der Waals surface area (Å²) in [6.45, 7) is 3.10. The van der Waals surface area contributed by atoms with E-state index in [1.54, 1.807) is 23.7 Å². The molecule has 1 amide bonds. The molecule has 1 heterocycles. The third-order valence-electron chi connectivity index (χ3n) is 4.16. The second-order valence-corrected chi connectivity index (χ2v) is 7.13. The van der Waals surface area contributed by atoms with Gasteiger partial charge in [0.1, 0.15) is 11.5 Å². The van der Waals surface area contributed by atoms with Crippen LogP contribution in [0.3, 0.4) is 0 Å². The van der Waals surface area contributed by atoms with E-state index >= 15 is 0 Å². The number of benzene rings is 2. The average Bonchev–Trinajstić information content (AvgIpc) is 3.22. The molecule has 0 unspecified atom stereocenters. The highest BCUT2D eigenvalue weighted by molar-refractivity contribution is 7.99. The molecular weight excluding hydrogens is 390 g/mol. The molecule has 0 radical (unpaired) electrons. The van der Waals surface area contributed by atoms with Crippen LogP contribution in [0.1, 0.15) is 12.5 Å². The van der Waals surface area contributed by atoms with Crippen LogP contribution >= 0.6 is 11.8 Å². The normalized spacial score (nSPS) is 10.6. The van der Waals surface area contributed by atoms with E-state index in [2.05, 4.69) is 15.5 Å². The molecule has 2 aromatic carbocycles. The minimum absolute atomic E-state index is 0.00633. The number of tetrazole rings is 1. The number of hydrogen-bond donors (Lipinski definition) is 0. The first-order valence-electron chi connectivity index (χ1n) is 9.12. The zero-order valence-corrected chi connectivity index (χ0v) is 17.4.